The molecule has 0 saturated heterocycles. The Kier molecular flexibility index (Phi) is 5.45. The lowest BCUT2D eigenvalue weighted by Crippen LogP contribution is -2.26. The maximum atomic E-state index is 11.8. The number of benzene rings is 2. The Labute approximate surface area is 137 Å². The number of nitrogens with zero attached hydrogens (tertiary/aromatic N) is 2. The summed E-state index contributed by atoms with van der Waals surface area (Å²) in [7, 11) is 0. The zero-order valence-corrected chi connectivity index (χ0v) is 12.8. The number of amidine groups is 1. The fraction of sp³-hybridized carbons (Fsp3) is 0.125. The van der Waals surface area contributed by atoms with E-state index in [9.17, 15) is 14.9 Å². The average Bonchev–Trinajstić information content (AvgIpc) is 2.60. The van der Waals surface area contributed by atoms with Crippen LogP contribution < -0.4 is 10.5 Å². The Bertz CT molecular complexity index is 744. The van der Waals surface area contributed by atoms with Crippen LogP contribution in [0.25, 0.3) is 0 Å². The summed E-state index contributed by atoms with van der Waals surface area (Å²) in [5.74, 6) is -0.275. The first-order valence-corrected chi connectivity index (χ1v) is 6.98. The molecule has 24 heavy (non-hydrogen) atoms. The number of hydrogen-bond donors (Lipinski definition) is 1. The summed E-state index contributed by atoms with van der Waals surface area (Å²) in [6.07, 6.45) is -0.874. The van der Waals surface area contributed by atoms with Crippen molar-refractivity contribution in [3.05, 3.63) is 70.3 Å². The van der Waals surface area contributed by atoms with Crippen LogP contribution >= 0.6 is 0 Å². The van der Waals surface area contributed by atoms with Crippen molar-refractivity contribution in [2.45, 2.75) is 13.0 Å². The van der Waals surface area contributed by atoms with Gasteiger partial charge in [-0.05, 0) is 31.2 Å². The number of nitro groups is 1. The van der Waals surface area contributed by atoms with Crippen LogP contribution in [0.4, 0.5) is 5.69 Å². The van der Waals surface area contributed by atoms with Gasteiger partial charge in [0.25, 0.3) is 5.69 Å². The predicted molar refractivity (Wildman–Crippen MR) is 86.4 cm³/mol. The van der Waals surface area contributed by atoms with E-state index >= 15 is 0 Å². The third-order valence-corrected chi connectivity index (χ3v) is 3.00. The highest BCUT2D eigenvalue weighted by Crippen LogP contribution is 2.13. The van der Waals surface area contributed by atoms with Crippen LogP contribution in [0, 0.1) is 10.1 Å². The van der Waals surface area contributed by atoms with Crippen molar-refractivity contribution >= 4 is 17.5 Å². The molecule has 1 atom stereocenters. The van der Waals surface area contributed by atoms with Crippen molar-refractivity contribution in [1.29, 1.82) is 0 Å². The number of carbonyl (C=O) groups excluding carboxylic acids is 1. The SMILES string of the molecule is CC(Oc1ccccc1)C(=O)O/N=C(\N)c1ccc([N+](=O)[O-])cc1. The van der Waals surface area contributed by atoms with Crippen LogP contribution in [0.3, 0.4) is 0 Å². The number of para-hydroxylation sites is 1. The maximum absolute atomic E-state index is 11.8. The molecule has 0 aliphatic heterocycles. The highest BCUT2D eigenvalue weighted by molar-refractivity contribution is 5.97. The Balaban J connectivity index is 1.95. The molecule has 124 valence electrons. The van der Waals surface area contributed by atoms with Gasteiger partial charge in [0.05, 0.1) is 4.92 Å². The quantitative estimate of drug-likeness (QED) is 0.285. The van der Waals surface area contributed by atoms with E-state index in [2.05, 4.69) is 5.16 Å². The molecule has 2 N–H and O–H groups in total. The molecule has 0 aliphatic rings. The molecule has 0 bridgehead atoms. The van der Waals surface area contributed by atoms with E-state index in [0.717, 1.165) is 0 Å². The van der Waals surface area contributed by atoms with Crippen LogP contribution in [0.5, 0.6) is 5.75 Å². The topological polar surface area (TPSA) is 117 Å². The van der Waals surface area contributed by atoms with Gasteiger partial charge in [-0.15, -0.1) is 0 Å². The van der Waals surface area contributed by atoms with Crippen LogP contribution in [-0.4, -0.2) is 22.8 Å². The summed E-state index contributed by atoms with van der Waals surface area (Å²) in [4.78, 5) is 26.6. The Morgan fingerprint density at radius 3 is 2.38 bits per heavy atom. The first-order chi connectivity index (χ1) is 11.5. The molecule has 0 amide bonds. The van der Waals surface area contributed by atoms with Crippen molar-refractivity contribution in [2.75, 3.05) is 0 Å². The van der Waals surface area contributed by atoms with E-state index in [1.807, 2.05) is 6.07 Å². The number of nitrogens with two attached hydrogens (primary N) is 1. The lowest BCUT2D eigenvalue weighted by Gasteiger charge is -2.11. The zero-order chi connectivity index (χ0) is 17.5. The van der Waals surface area contributed by atoms with Gasteiger partial charge in [-0.25, -0.2) is 4.79 Å². The van der Waals surface area contributed by atoms with Crippen LogP contribution in [-0.2, 0) is 9.63 Å². The van der Waals surface area contributed by atoms with Gasteiger partial charge in [-0.1, -0.05) is 23.4 Å². The Morgan fingerprint density at radius 1 is 1.17 bits per heavy atom. The fourth-order valence-corrected chi connectivity index (χ4v) is 1.73. The molecule has 0 aromatic heterocycles. The van der Waals surface area contributed by atoms with E-state index in [4.69, 9.17) is 15.3 Å². The second-order valence-electron chi connectivity index (χ2n) is 4.76. The summed E-state index contributed by atoms with van der Waals surface area (Å²) in [6.45, 7) is 1.52. The number of carbonyl (C=O) groups is 1. The van der Waals surface area contributed by atoms with E-state index in [1.54, 1.807) is 24.3 Å². The number of ether oxygens (including phenoxy) is 1. The zero-order valence-electron chi connectivity index (χ0n) is 12.8. The summed E-state index contributed by atoms with van der Waals surface area (Å²) in [5, 5.41) is 14.1. The number of rotatable bonds is 6. The largest absolute Gasteiger partial charge is 0.479 e. The van der Waals surface area contributed by atoms with Crippen LogP contribution in [0.15, 0.2) is 59.8 Å². The van der Waals surface area contributed by atoms with Gasteiger partial charge in [0.1, 0.15) is 5.75 Å². The first kappa shape index (κ1) is 16.9. The van der Waals surface area contributed by atoms with Gasteiger partial charge >= 0.3 is 5.97 Å². The molecule has 2 aromatic carbocycles. The van der Waals surface area contributed by atoms with Gasteiger partial charge in [-0.2, -0.15) is 0 Å². The van der Waals surface area contributed by atoms with Gasteiger partial charge in [0.2, 0.25) is 0 Å². The van der Waals surface area contributed by atoms with Crippen molar-refractivity contribution in [2.24, 2.45) is 10.9 Å². The summed E-state index contributed by atoms with van der Waals surface area (Å²) < 4.78 is 5.40. The molecule has 2 rings (SSSR count). The van der Waals surface area contributed by atoms with E-state index in [1.165, 1.54) is 31.2 Å². The minimum Gasteiger partial charge on any atom is -0.479 e. The van der Waals surface area contributed by atoms with E-state index < -0.39 is 17.0 Å². The number of non-ortho nitro benzene ring substituents is 1. The summed E-state index contributed by atoms with van der Waals surface area (Å²) in [6, 6.07) is 14.2. The van der Waals surface area contributed by atoms with E-state index in [0.29, 0.717) is 11.3 Å². The standard InChI is InChI=1S/C16H15N3O5/c1-11(23-14-5-3-2-4-6-14)16(20)24-18-15(17)12-7-9-13(10-8-12)19(21)22/h2-11H,1H3,(H2,17,18). The van der Waals surface area contributed by atoms with Crippen molar-refractivity contribution in [1.82, 2.24) is 0 Å². The highest BCUT2D eigenvalue weighted by atomic mass is 16.7. The fourth-order valence-electron chi connectivity index (χ4n) is 1.73. The van der Waals surface area contributed by atoms with Gasteiger partial charge in [-0.3, -0.25) is 10.1 Å². The monoisotopic (exact) mass is 329 g/mol. The molecule has 0 spiro atoms. The normalized spacial score (nSPS) is 12.3. The second-order valence-corrected chi connectivity index (χ2v) is 4.76. The summed E-state index contributed by atoms with van der Waals surface area (Å²) in [5.41, 5.74) is 6.00. The number of nitro benzene ring substituents is 1. The summed E-state index contributed by atoms with van der Waals surface area (Å²) >= 11 is 0. The Morgan fingerprint density at radius 2 is 1.79 bits per heavy atom. The van der Waals surface area contributed by atoms with Gasteiger partial charge in [0.15, 0.2) is 11.9 Å². The molecule has 0 heterocycles. The third-order valence-electron chi connectivity index (χ3n) is 3.00. The molecule has 2 aromatic rings. The molecular weight excluding hydrogens is 314 g/mol. The Hall–Kier alpha value is -3.42. The number of oxime groups is 1. The molecular formula is C16H15N3O5. The predicted octanol–water partition coefficient (Wildman–Crippen LogP) is 2.23. The highest BCUT2D eigenvalue weighted by Gasteiger charge is 2.17. The number of hydrogen-bond acceptors (Lipinski definition) is 6. The molecule has 8 heteroatoms. The van der Waals surface area contributed by atoms with Crippen LogP contribution in [0.2, 0.25) is 0 Å². The van der Waals surface area contributed by atoms with Crippen molar-refractivity contribution in [3.63, 3.8) is 0 Å². The molecule has 8 nitrogen and oxygen atoms in total. The minimum absolute atomic E-state index is 0.0755. The minimum atomic E-state index is -0.874. The lowest BCUT2D eigenvalue weighted by atomic mass is 10.2. The van der Waals surface area contributed by atoms with E-state index in [-0.39, 0.29) is 11.5 Å². The smallest absolute Gasteiger partial charge is 0.374 e. The first-order valence-electron chi connectivity index (χ1n) is 6.98. The molecule has 0 radical (unpaired) electrons. The molecule has 0 saturated carbocycles. The maximum Gasteiger partial charge on any atom is 0.374 e. The van der Waals surface area contributed by atoms with Gasteiger partial charge < -0.3 is 15.3 Å². The second kappa shape index (κ2) is 7.73. The van der Waals surface area contributed by atoms with Gasteiger partial charge in [0, 0.05) is 17.7 Å². The lowest BCUT2D eigenvalue weighted by molar-refractivity contribution is -0.384. The molecule has 1 unspecified atom stereocenters. The third kappa shape index (κ3) is 4.54. The average molecular weight is 329 g/mol. The molecule has 0 aliphatic carbocycles. The molecule has 0 fully saturated rings. The van der Waals surface area contributed by atoms with Crippen molar-refractivity contribution in [3.8, 4) is 5.75 Å². The van der Waals surface area contributed by atoms with Crippen LogP contribution in [0.1, 0.15) is 12.5 Å². The van der Waals surface area contributed by atoms with Crippen molar-refractivity contribution < 1.29 is 19.3 Å².